The summed E-state index contributed by atoms with van der Waals surface area (Å²) < 4.78 is 95.6. The van der Waals surface area contributed by atoms with Gasteiger partial charge in [-0.2, -0.15) is 26.3 Å². The summed E-state index contributed by atoms with van der Waals surface area (Å²) >= 11 is 3.05. The Morgan fingerprint density at radius 1 is 0.548 bits per heavy atom. The molecule has 0 aliphatic rings. The van der Waals surface area contributed by atoms with E-state index in [1.807, 2.05) is 72.8 Å². The van der Waals surface area contributed by atoms with Crippen molar-refractivity contribution >= 4 is 54.7 Å². The van der Waals surface area contributed by atoms with E-state index in [-0.39, 0.29) is 30.7 Å². The number of thiophene rings is 2. The number of primary amides is 1. The summed E-state index contributed by atoms with van der Waals surface area (Å²) in [4.78, 5) is 24.9. The largest absolute Gasteiger partial charge is 0.488 e. The quantitative estimate of drug-likeness (QED) is 0.103. The van der Waals surface area contributed by atoms with E-state index in [0.717, 1.165) is 76.4 Å². The van der Waals surface area contributed by atoms with Crippen LogP contribution in [-0.4, -0.2) is 18.5 Å². The predicted octanol–water partition coefficient (Wildman–Crippen LogP) is 13.6. The summed E-state index contributed by atoms with van der Waals surface area (Å²) in [6, 6.07) is 39.7. The number of hydrogen-bond donors (Lipinski definition) is 1. The van der Waals surface area contributed by atoms with E-state index >= 15 is 0 Å². The molecule has 0 spiro atoms. The van der Waals surface area contributed by atoms with Crippen LogP contribution in [0.3, 0.4) is 0 Å². The van der Waals surface area contributed by atoms with E-state index in [9.17, 15) is 35.9 Å². The minimum absolute atomic E-state index is 0.167. The van der Waals surface area contributed by atoms with Crippen LogP contribution >= 0.6 is 22.7 Å². The summed E-state index contributed by atoms with van der Waals surface area (Å²) in [6.45, 7) is 2.42. The van der Waals surface area contributed by atoms with Gasteiger partial charge in [-0.05, 0) is 113 Å². The number of carbonyl (C=O) groups is 2. The molecule has 2 N–H and O–H groups in total. The van der Waals surface area contributed by atoms with Crippen LogP contribution in [0.2, 0.25) is 0 Å². The maximum Gasteiger partial charge on any atom is 0.416 e. The molecule has 6 aromatic carbocycles. The maximum atomic E-state index is 12.9. The van der Waals surface area contributed by atoms with Crippen molar-refractivity contribution in [3.05, 3.63) is 178 Å². The highest BCUT2D eigenvalue weighted by Gasteiger charge is 2.31. The third-order valence-electron chi connectivity index (χ3n) is 9.46. The Hall–Kier alpha value is -6.64. The van der Waals surface area contributed by atoms with E-state index in [1.54, 1.807) is 31.2 Å². The first-order chi connectivity index (χ1) is 29.7. The SMILES string of the molecule is CCOC(=O)c1ccc(-c2cccc3cc(COc4cccc(C(F)(F)F)c4)sc23)cc1.NC(=O)c1ccc(-c2cccc3cc(COc4cccc(C(F)(F)F)c4)sc23)cc1. The lowest BCUT2D eigenvalue weighted by Gasteiger charge is -2.09. The lowest BCUT2D eigenvalue weighted by molar-refractivity contribution is -0.138. The van der Waals surface area contributed by atoms with Crippen molar-refractivity contribution in [3.63, 3.8) is 0 Å². The van der Waals surface area contributed by atoms with Crippen LogP contribution in [0.25, 0.3) is 42.4 Å². The standard InChI is InChI=1S/C25H19F3O3S.C23H16F3NO2S/c1-2-30-24(29)17-11-9-16(10-12-17)22-8-3-5-18-13-21(32-23(18)22)15-31-20-7-4-6-19(14-20)25(26,27)28;24-23(25,26)17-4-2-5-18(12-17)29-13-19-11-16-3-1-6-20(21(16)30-19)14-7-9-15(10-8-14)22(27)28/h3-14H,2,15H2,1H3;1-12H,13H2,(H2,27,28). The van der Waals surface area contributed by atoms with E-state index in [4.69, 9.17) is 19.9 Å². The third-order valence-corrected chi connectivity index (χ3v) is 11.8. The number of carbonyl (C=O) groups excluding carboxylic acids is 2. The molecule has 0 fully saturated rings. The molecule has 0 saturated carbocycles. The Bertz CT molecular complexity index is 2850. The van der Waals surface area contributed by atoms with Crippen LogP contribution < -0.4 is 15.2 Å². The first-order valence-electron chi connectivity index (χ1n) is 19.0. The lowest BCUT2D eigenvalue weighted by Crippen LogP contribution is -2.10. The molecule has 2 aromatic heterocycles. The molecule has 0 bridgehead atoms. The molecule has 14 heteroatoms. The number of nitrogens with two attached hydrogens (primary N) is 1. The second kappa shape index (κ2) is 18.5. The number of amides is 1. The maximum absolute atomic E-state index is 12.9. The highest BCUT2D eigenvalue weighted by molar-refractivity contribution is 7.20. The second-order valence-corrected chi connectivity index (χ2v) is 16.0. The van der Waals surface area contributed by atoms with Crippen LogP contribution in [0.1, 0.15) is 48.5 Å². The monoisotopic (exact) mass is 883 g/mol. The fraction of sp³-hybridized carbons (Fsp3) is 0.125. The van der Waals surface area contributed by atoms with Crippen molar-refractivity contribution in [3.8, 4) is 33.8 Å². The van der Waals surface area contributed by atoms with Gasteiger partial charge < -0.3 is 19.9 Å². The lowest BCUT2D eigenvalue weighted by atomic mass is 10.0. The van der Waals surface area contributed by atoms with Gasteiger partial charge in [0, 0.05) is 24.7 Å². The zero-order chi connectivity index (χ0) is 44.0. The Morgan fingerprint density at radius 3 is 1.37 bits per heavy atom. The summed E-state index contributed by atoms with van der Waals surface area (Å²) in [5.41, 5.74) is 8.65. The summed E-state index contributed by atoms with van der Waals surface area (Å²) in [5.74, 6) is -0.496. The van der Waals surface area contributed by atoms with Crippen LogP contribution in [-0.2, 0) is 30.3 Å². The average Bonchev–Trinajstić information content (AvgIpc) is 3.89. The van der Waals surface area contributed by atoms with Crippen molar-refractivity contribution < 1.29 is 50.1 Å². The molecule has 0 aliphatic carbocycles. The number of fused-ring (bicyclic) bond motifs is 2. The predicted molar refractivity (Wildman–Crippen MR) is 231 cm³/mol. The Balaban J connectivity index is 0.000000187. The van der Waals surface area contributed by atoms with E-state index < -0.39 is 29.4 Å². The van der Waals surface area contributed by atoms with Crippen molar-refractivity contribution in [1.82, 2.24) is 0 Å². The number of ether oxygens (including phenoxy) is 3. The molecular formula is C48H35F6NO5S2. The minimum Gasteiger partial charge on any atom is -0.488 e. The van der Waals surface area contributed by atoms with E-state index in [1.165, 1.54) is 46.9 Å². The Labute approximate surface area is 359 Å². The van der Waals surface area contributed by atoms with Gasteiger partial charge in [-0.25, -0.2) is 4.79 Å². The summed E-state index contributed by atoms with van der Waals surface area (Å²) in [6.07, 6.45) is -8.81. The summed E-state index contributed by atoms with van der Waals surface area (Å²) in [7, 11) is 0. The number of halogens is 6. The van der Waals surface area contributed by atoms with Gasteiger partial charge in [0.1, 0.15) is 24.7 Å². The third kappa shape index (κ3) is 10.4. The molecule has 6 nitrogen and oxygen atoms in total. The molecule has 0 unspecified atom stereocenters. The number of rotatable bonds is 11. The zero-order valence-corrected chi connectivity index (χ0v) is 34.3. The van der Waals surface area contributed by atoms with E-state index in [2.05, 4.69) is 0 Å². The topological polar surface area (TPSA) is 87.9 Å². The molecule has 8 rings (SSSR count). The van der Waals surface area contributed by atoms with Gasteiger partial charge in [-0.3, -0.25) is 4.79 Å². The van der Waals surface area contributed by atoms with Gasteiger partial charge in [-0.15, -0.1) is 22.7 Å². The molecule has 8 aromatic rings. The van der Waals surface area contributed by atoms with Gasteiger partial charge in [-0.1, -0.05) is 72.8 Å². The van der Waals surface area contributed by atoms with Gasteiger partial charge in [0.2, 0.25) is 5.91 Å². The fourth-order valence-electron chi connectivity index (χ4n) is 6.48. The highest BCUT2D eigenvalue weighted by atomic mass is 32.1. The van der Waals surface area contributed by atoms with Crippen molar-refractivity contribution in [2.45, 2.75) is 32.5 Å². The highest BCUT2D eigenvalue weighted by Crippen LogP contribution is 2.38. The Morgan fingerprint density at radius 2 is 0.968 bits per heavy atom. The average molecular weight is 884 g/mol. The van der Waals surface area contributed by atoms with Crippen LogP contribution in [0.15, 0.2) is 146 Å². The molecule has 0 saturated heterocycles. The molecular weight excluding hydrogens is 849 g/mol. The van der Waals surface area contributed by atoms with Crippen LogP contribution in [0.4, 0.5) is 26.3 Å². The van der Waals surface area contributed by atoms with Crippen LogP contribution in [0, 0.1) is 0 Å². The first-order valence-corrected chi connectivity index (χ1v) is 20.6. The van der Waals surface area contributed by atoms with Gasteiger partial charge in [0.05, 0.1) is 23.3 Å². The fourth-order valence-corrected chi connectivity index (χ4v) is 8.69. The molecule has 0 aliphatic heterocycles. The van der Waals surface area contributed by atoms with Crippen LogP contribution in [0.5, 0.6) is 11.5 Å². The number of benzene rings is 6. The van der Waals surface area contributed by atoms with Gasteiger partial charge in [0.15, 0.2) is 0 Å². The van der Waals surface area contributed by atoms with Crippen molar-refractivity contribution in [2.75, 3.05) is 6.61 Å². The normalized spacial score (nSPS) is 11.5. The number of hydrogen-bond acceptors (Lipinski definition) is 7. The van der Waals surface area contributed by atoms with Crippen molar-refractivity contribution in [2.24, 2.45) is 5.73 Å². The van der Waals surface area contributed by atoms with Gasteiger partial charge >= 0.3 is 18.3 Å². The molecule has 1 amide bonds. The smallest absolute Gasteiger partial charge is 0.416 e. The summed E-state index contributed by atoms with van der Waals surface area (Å²) in [5, 5.41) is 2.03. The Kier molecular flexibility index (Phi) is 13.0. The molecule has 2 heterocycles. The molecule has 62 heavy (non-hydrogen) atoms. The van der Waals surface area contributed by atoms with Crippen molar-refractivity contribution in [1.29, 1.82) is 0 Å². The zero-order valence-electron chi connectivity index (χ0n) is 32.7. The number of esters is 1. The van der Waals surface area contributed by atoms with E-state index in [0.29, 0.717) is 17.7 Å². The number of alkyl halides is 6. The minimum atomic E-state index is -4.41. The van der Waals surface area contributed by atoms with Gasteiger partial charge in [0.25, 0.3) is 0 Å². The first kappa shape index (κ1) is 43.4. The molecule has 0 atom stereocenters. The molecule has 316 valence electrons. The molecule has 0 radical (unpaired) electrons. The second-order valence-electron chi connectivity index (χ2n) is 13.7.